The summed E-state index contributed by atoms with van der Waals surface area (Å²) < 4.78 is 6.32. The Morgan fingerprint density at radius 1 is 1.62 bits per heavy atom. The zero-order valence-corrected chi connectivity index (χ0v) is 8.82. The molecule has 0 amide bonds. The maximum atomic E-state index is 5.22. The van der Waals surface area contributed by atoms with Gasteiger partial charge in [-0.05, 0) is 19.1 Å². The molecule has 2 rings (SSSR count). The van der Waals surface area contributed by atoms with Crippen molar-refractivity contribution < 1.29 is 4.42 Å². The van der Waals surface area contributed by atoms with Crippen molar-refractivity contribution in [1.29, 1.82) is 0 Å². The van der Waals surface area contributed by atoms with Gasteiger partial charge in [-0.25, -0.2) is 4.98 Å². The molecule has 0 spiro atoms. The van der Waals surface area contributed by atoms with E-state index in [1.807, 2.05) is 18.3 Å². The lowest BCUT2D eigenvalue weighted by Crippen LogP contribution is -1.73. The highest BCUT2D eigenvalue weighted by molar-refractivity contribution is 8.00. The zero-order valence-electron chi connectivity index (χ0n) is 7.19. The second kappa shape index (κ2) is 3.98. The molecule has 2 aromatic heterocycles. The molecule has 4 heteroatoms. The Hall–Kier alpha value is -0.740. The molecule has 68 valence electrons. The number of hydrogen-bond donors (Lipinski definition) is 0. The molecule has 0 aliphatic carbocycles. The molecule has 0 aromatic carbocycles. The number of hydrogen-bond acceptors (Lipinski definition) is 4. The average Bonchev–Trinajstić information content (AvgIpc) is 2.71. The molecule has 0 saturated carbocycles. The molecule has 0 fully saturated rings. The van der Waals surface area contributed by atoms with Crippen molar-refractivity contribution in [3.8, 4) is 0 Å². The number of aryl methyl sites for hydroxylation is 1. The predicted molar refractivity (Wildman–Crippen MR) is 55.1 cm³/mol. The standard InChI is InChI=1S/C9H9NOS2/c1-7-5-10-9(13-7)12-6-8-3-2-4-11-8/h2-5H,6H2,1H3. The van der Waals surface area contributed by atoms with Crippen LogP contribution < -0.4 is 0 Å². The van der Waals surface area contributed by atoms with Gasteiger partial charge in [0.05, 0.1) is 12.0 Å². The van der Waals surface area contributed by atoms with Gasteiger partial charge in [-0.3, -0.25) is 0 Å². The van der Waals surface area contributed by atoms with Crippen molar-refractivity contribution >= 4 is 23.1 Å². The molecular formula is C9H9NOS2. The molecule has 0 bridgehead atoms. The lowest BCUT2D eigenvalue weighted by molar-refractivity contribution is 0.530. The highest BCUT2D eigenvalue weighted by Gasteiger charge is 2.01. The molecule has 0 saturated heterocycles. The highest BCUT2D eigenvalue weighted by atomic mass is 32.2. The van der Waals surface area contributed by atoms with Crippen LogP contribution in [0.2, 0.25) is 0 Å². The Balaban J connectivity index is 1.93. The van der Waals surface area contributed by atoms with Gasteiger partial charge < -0.3 is 4.42 Å². The van der Waals surface area contributed by atoms with E-state index in [4.69, 9.17) is 4.42 Å². The summed E-state index contributed by atoms with van der Waals surface area (Å²) in [6.07, 6.45) is 3.60. The summed E-state index contributed by atoms with van der Waals surface area (Å²) >= 11 is 3.43. The number of nitrogens with zero attached hydrogens (tertiary/aromatic N) is 1. The molecular weight excluding hydrogens is 202 g/mol. The smallest absolute Gasteiger partial charge is 0.150 e. The molecule has 0 N–H and O–H groups in total. The molecule has 0 aliphatic rings. The summed E-state index contributed by atoms with van der Waals surface area (Å²) in [7, 11) is 0. The number of furan rings is 1. The molecule has 0 radical (unpaired) electrons. The van der Waals surface area contributed by atoms with Crippen molar-refractivity contribution in [2.45, 2.75) is 17.0 Å². The van der Waals surface area contributed by atoms with Crippen molar-refractivity contribution in [3.05, 3.63) is 35.2 Å². The van der Waals surface area contributed by atoms with E-state index in [0.29, 0.717) is 0 Å². The Morgan fingerprint density at radius 3 is 3.15 bits per heavy atom. The molecule has 0 unspecified atom stereocenters. The third-order valence-corrected chi connectivity index (χ3v) is 3.61. The fourth-order valence-corrected chi connectivity index (χ4v) is 2.78. The highest BCUT2D eigenvalue weighted by Crippen LogP contribution is 2.26. The minimum absolute atomic E-state index is 0.861. The Morgan fingerprint density at radius 2 is 2.54 bits per heavy atom. The van der Waals surface area contributed by atoms with Crippen LogP contribution in [0.25, 0.3) is 0 Å². The fraction of sp³-hybridized carbons (Fsp3) is 0.222. The summed E-state index contributed by atoms with van der Waals surface area (Å²) in [5.41, 5.74) is 0. The molecule has 0 aliphatic heterocycles. The van der Waals surface area contributed by atoms with Crippen LogP contribution in [-0.2, 0) is 5.75 Å². The Labute approximate surface area is 85.0 Å². The van der Waals surface area contributed by atoms with Gasteiger partial charge in [-0.2, -0.15) is 0 Å². The van der Waals surface area contributed by atoms with Crippen molar-refractivity contribution in [1.82, 2.24) is 4.98 Å². The summed E-state index contributed by atoms with van der Waals surface area (Å²) in [4.78, 5) is 5.51. The number of thiazole rings is 1. The van der Waals surface area contributed by atoms with Gasteiger partial charge in [-0.15, -0.1) is 11.3 Å². The summed E-state index contributed by atoms with van der Waals surface area (Å²) in [5, 5.41) is 0. The third kappa shape index (κ3) is 2.35. The largest absolute Gasteiger partial charge is 0.468 e. The minimum atomic E-state index is 0.861. The van der Waals surface area contributed by atoms with Crippen LogP contribution in [0.5, 0.6) is 0 Å². The zero-order chi connectivity index (χ0) is 9.10. The normalized spacial score (nSPS) is 10.5. The summed E-state index contributed by atoms with van der Waals surface area (Å²) in [6.45, 7) is 2.06. The maximum Gasteiger partial charge on any atom is 0.150 e. The van der Waals surface area contributed by atoms with E-state index in [1.165, 1.54) is 4.88 Å². The van der Waals surface area contributed by atoms with Crippen LogP contribution in [0.4, 0.5) is 0 Å². The maximum absolute atomic E-state index is 5.22. The first-order chi connectivity index (χ1) is 6.34. The minimum Gasteiger partial charge on any atom is -0.468 e. The van der Waals surface area contributed by atoms with E-state index < -0.39 is 0 Å². The van der Waals surface area contributed by atoms with Gasteiger partial charge in [0.25, 0.3) is 0 Å². The quantitative estimate of drug-likeness (QED) is 0.728. The van der Waals surface area contributed by atoms with Crippen LogP contribution in [0.15, 0.2) is 33.3 Å². The van der Waals surface area contributed by atoms with Crippen molar-refractivity contribution in [3.63, 3.8) is 0 Å². The van der Waals surface area contributed by atoms with Crippen LogP contribution in [-0.4, -0.2) is 4.98 Å². The SMILES string of the molecule is Cc1cnc(SCc2ccco2)s1. The Kier molecular flexibility index (Phi) is 2.71. The first-order valence-electron chi connectivity index (χ1n) is 3.92. The van der Waals surface area contributed by atoms with Gasteiger partial charge >= 0.3 is 0 Å². The Bertz CT molecular complexity index is 367. The van der Waals surface area contributed by atoms with E-state index in [-0.39, 0.29) is 0 Å². The average molecular weight is 211 g/mol. The first-order valence-corrected chi connectivity index (χ1v) is 5.72. The van der Waals surface area contributed by atoms with Crippen molar-refractivity contribution in [2.24, 2.45) is 0 Å². The molecule has 2 aromatic rings. The number of rotatable bonds is 3. The second-order valence-electron chi connectivity index (χ2n) is 2.60. The lowest BCUT2D eigenvalue weighted by Gasteiger charge is -1.91. The second-order valence-corrected chi connectivity index (χ2v) is 5.06. The van der Waals surface area contributed by atoms with Gasteiger partial charge in [0, 0.05) is 11.1 Å². The number of thioether (sulfide) groups is 1. The summed E-state index contributed by atoms with van der Waals surface area (Å²) in [5.74, 6) is 1.86. The van der Waals surface area contributed by atoms with Gasteiger partial charge in [0.1, 0.15) is 10.1 Å². The predicted octanol–water partition coefficient (Wildman–Crippen LogP) is 3.34. The molecule has 2 nitrogen and oxygen atoms in total. The molecule has 2 heterocycles. The third-order valence-electron chi connectivity index (χ3n) is 1.52. The van der Waals surface area contributed by atoms with Crippen LogP contribution >= 0.6 is 23.1 Å². The van der Waals surface area contributed by atoms with Crippen molar-refractivity contribution in [2.75, 3.05) is 0 Å². The van der Waals surface area contributed by atoms with E-state index in [9.17, 15) is 0 Å². The lowest BCUT2D eigenvalue weighted by atomic mass is 10.5. The van der Waals surface area contributed by atoms with Gasteiger partial charge in [0.2, 0.25) is 0 Å². The molecule has 13 heavy (non-hydrogen) atoms. The summed E-state index contributed by atoms with van der Waals surface area (Å²) in [6, 6.07) is 3.89. The van der Waals surface area contributed by atoms with Crippen LogP contribution in [0, 0.1) is 6.92 Å². The number of aromatic nitrogens is 1. The molecule has 0 atom stereocenters. The van der Waals surface area contributed by atoms with Crippen LogP contribution in [0.1, 0.15) is 10.6 Å². The van der Waals surface area contributed by atoms with Crippen LogP contribution in [0.3, 0.4) is 0 Å². The first kappa shape index (κ1) is 8.84. The fourth-order valence-electron chi connectivity index (χ4n) is 0.928. The van der Waals surface area contributed by atoms with E-state index in [0.717, 1.165) is 15.9 Å². The topological polar surface area (TPSA) is 26.0 Å². The van der Waals surface area contributed by atoms with Gasteiger partial charge in [-0.1, -0.05) is 11.8 Å². The van der Waals surface area contributed by atoms with E-state index >= 15 is 0 Å². The van der Waals surface area contributed by atoms with E-state index in [1.54, 1.807) is 29.4 Å². The van der Waals surface area contributed by atoms with E-state index in [2.05, 4.69) is 11.9 Å². The van der Waals surface area contributed by atoms with Gasteiger partial charge in [0.15, 0.2) is 0 Å². The monoisotopic (exact) mass is 211 g/mol.